The average Bonchev–Trinajstić information content (AvgIpc) is 2.81. The summed E-state index contributed by atoms with van der Waals surface area (Å²) in [4.78, 5) is 4.48. The monoisotopic (exact) mass is 237 g/mol. The van der Waals surface area contributed by atoms with Crippen molar-refractivity contribution in [1.82, 2.24) is 0 Å². The molecule has 0 saturated heterocycles. The summed E-state index contributed by atoms with van der Waals surface area (Å²) >= 11 is 1.76. The first-order valence-corrected chi connectivity index (χ1v) is 6.37. The highest BCUT2D eigenvalue weighted by Crippen LogP contribution is 2.24. The van der Waals surface area contributed by atoms with Crippen LogP contribution in [0, 0.1) is 0 Å². The summed E-state index contributed by atoms with van der Waals surface area (Å²) in [5, 5.41) is 3.43. The molecule has 0 radical (unpaired) electrons. The van der Waals surface area contributed by atoms with E-state index < -0.39 is 0 Å². The summed E-state index contributed by atoms with van der Waals surface area (Å²) in [7, 11) is 0. The van der Waals surface area contributed by atoms with Crippen LogP contribution in [0.15, 0.2) is 65.0 Å². The molecule has 0 bridgehead atoms. The van der Waals surface area contributed by atoms with Crippen molar-refractivity contribution < 1.29 is 0 Å². The van der Waals surface area contributed by atoms with Gasteiger partial charge in [-0.15, -0.1) is 11.3 Å². The molecule has 2 aromatic carbocycles. The second-order valence-corrected chi connectivity index (χ2v) is 4.69. The summed E-state index contributed by atoms with van der Waals surface area (Å²) in [5.41, 5.74) is 2.18. The molecule has 0 aliphatic rings. The number of nitrogens with zero attached hydrogens (tertiary/aromatic N) is 1. The maximum atomic E-state index is 4.48. The lowest BCUT2D eigenvalue weighted by atomic mass is 10.2. The van der Waals surface area contributed by atoms with Crippen molar-refractivity contribution in [3.05, 3.63) is 65.5 Å². The summed E-state index contributed by atoms with van der Waals surface area (Å²) in [5.74, 6) is 0. The van der Waals surface area contributed by atoms with Crippen molar-refractivity contribution in [2.24, 2.45) is 4.99 Å². The molecule has 17 heavy (non-hydrogen) atoms. The van der Waals surface area contributed by atoms with Gasteiger partial charge in [0.15, 0.2) is 0 Å². The van der Waals surface area contributed by atoms with Crippen molar-refractivity contribution in [2.75, 3.05) is 0 Å². The van der Waals surface area contributed by atoms with E-state index in [4.69, 9.17) is 0 Å². The van der Waals surface area contributed by atoms with Crippen LogP contribution in [-0.4, -0.2) is 6.21 Å². The molecule has 82 valence electrons. The van der Waals surface area contributed by atoms with Crippen LogP contribution in [0.1, 0.15) is 5.56 Å². The second kappa shape index (κ2) is 4.52. The molecule has 0 N–H and O–H groups in total. The zero-order valence-electron chi connectivity index (χ0n) is 9.21. The third kappa shape index (κ3) is 2.12. The number of thiophene rings is 1. The third-order valence-corrected chi connectivity index (χ3v) is 3.60. The minimum absolute atomic E-state index is 0.989. The van der Waals surface area contributed by atoms with E-state index in [1.165, 1.54) is 15.6 Å². The average molecular weight is 237 g/mol. The molecule has 3 rings (SSSR count). The standard InChI is InChI=1S/C15H11NS/c1-2-6-13(7-3-1)16-10-12-11-17-15-9-5-4-8-14(12)15/h1-11H. The van der Waals surface area contributed by atoms with Crippen LogP contribution in [-0.2, 0) is 0 Å². The minimum atomic E-state index is 0.989. The largest absolute Gasteiger partial charge is 0.256 e. The molecule has 0 fully saturated rings. The molecule has 0 saturated carbocycles. The molecule has 0 unspecified atom stereocenters. The molecule has 2 heteroatoms. The smallest absolute Gasteiger partial charge is 0.0629 e. The zero-order valence-corrected chi connectivity index (χ0v) is 10.0. The third-order valence-electron chi connectivity index (χ3n) is 2.62. The molecule has 0 atom stereocenters. The van der Waals surface area contributed by atoms with E-state index in [2.05, 4.69) is 34.6 Å². The van der Waals surface area contributed by atoms with E-state index in [0.29, 0.717) is 0 Å². The summed E-state index contributed by atoms with van der Waals surface area (Å²) in [6.45, 7) is 0. The van der Waals surface area contributed by atoms with Crippen LogP contribution in [0.3, 0.4) is 0 Å². The Hall–Kier alpha value is -1.93. The molecule has 0 amide bonds. The quantitative estimate of drug-likeness (QED) is 0.575. The molecular formula is C15H11NS. The van der Waals surface area contributed by atoms with Gasteiger partial charge in [-0.3, -0.25) is 4.99 Å². The Bertz CT molecular complexity index is 653. The highest BCUT2D eigenvalue weighted by atomic mass is 32.1. The molecule has 1 heterocycles. The highest BCUT2D eigenvalue weighted by Gasteiger charge is 1.99. The predicted octanol–water partition coefficient (Wildman–Crippen LogP) is 4.65. The first kappa shape index (κ1) is 10.2. The lowest BCUT2D eigenvalue weighted by Gasteiger charge is -1.92. The Morgan fingerprint density at radius 2 is 1.65 bits per heavy atom. The normalized spacial score (nSPS) is 11.3. The number of hydrogen-bond donors (Lipinski definition) is 0. The van der Waals surface area contributed by atoms with Gasteiger partial charge in [-0.05, 0) is 18.2 Å². The van der Waals surface area contributed by atoms with Gasteiger partial charge in [0.1, 0.15) is 0 Å². The summed E-state index contributed by atoms with van der Waals surface area (Å²) in [6, 6.07) is 18.4. The van der Waals surface area contributed by atoms with E-state index in [-0.39, 0.29) is 0 Å². The summed E-state index contributed by atoms with van der Waals surface area (Å²) < 4.78 is 1.31. The molecule has 3 aromatic rings. The maximum absolute atomic E-state index is 4.48. The Balaban J connectivity index is 1.98. The number of hydrogen-bond acceptors (Lipinski definition) is 2. The van der Waals surface area contributed by atoms with Crippen molar-refractivity contribution in [3.8, 4) is 0 Å². The highest BCUT2D eigenvalue weighted by molar-refractivity contribution is 7.17. The fraction of sp³-hybridized carbons (Fsp3) is 0. The van der Waals surface area contributed by atoms with E-state index >= 15 is 0 Å². The molecular weight excluding hydrogens is 226 g/mol. The maximum Gasteiger partial charge on any atom is 0.0629 e. The second-order valence-electron chi connectivity index (χ2n) is 3.78. The van der Waals surface area contributed by atoms with Crippen molar-refractivity contribution >= 4 is 33.3 Å². The zero-order chi connectivity index (χ0) is 11.5. The van der Waals surface area contributed by atoms with Gasteiger partial charge in [0.05, 0.1) is 5.69 Å². The molecule has 0 aliphatic carbocycles. The van der Waals surface area contributed by atoms with Gasteiger partial charge in [-0.1, -0.05) is 36.4 Å². The Kier molecular flexibility index (Phi) is 2.72. The van der Waals surface area contributed by atoms with Gasteiger partial charge in [0.25, 0.3) is 0 Å². The molecule has 0 aliphatic heterocycles. The van der Waals surface area contributed by atoms with E-state index in [0.717, 1.165) is 5.69 Å². The number of para-hydroxylation sites is 1. The lowest BCUT2D eigenvalue weighted by Crippen LogP contribution is -1.76. The van der Waals surface area contributed by atoms with Crippen LogP contribution in [0.2, 0.25) is 0 Å². The number of aliphatic imine (C=N–C) groups is 1. The van der Waals surface area contributed by atoms with E-state index in [9.17, 15) is 0 Å². The first-order valence-electron chi connectivity index (χ1n) is 5.49. The predicted molar refractivity (Wildman–Crippen MR) is 75.5 cm³/mol. The Morgan fingerprint density at radius 1 is 0.882 bits per heavy atom. The van der Waals surface area contributed by atoms with Crippen LogP contribution >= 0.6 is 11.3 Å². The SMILES string of the molecule is C(=Nc1ccccc1)c1csc2ccccc12. The van der Waals surface area contributed by atoms with Crippen LogP contribution in [0.5, 0.6) is 0 Å². The van der Waals surface area contributed by atoms with Gasteiger partial charge in [-0.25, -0.2) is 0 Å². The van der Waals surface area contributed by atoms with Crippen molar-refractivity contribution in [2.45, 2.75) is 0 Å². The molecule has 1 aromatic heterocycles. The topological polar surface area (TPSA) is 12.4 Å². The van der Waals surface area contributed by atoms with Gasteiger partial charge >= 0.3 is 0 Å². The van der Waals surface area contributed by atoms with Crippen LogP contribution in [0.4, 0.5) is 5.69 Å². The minimum Gasteiger partial charge on any atom is -0.256 e. The number of rotatable bonds is 2. The van der Waals surface area contributed by atoms with Gasteiger partial charge in [-0.2, -0.15) is 0 Å². The fourth-order valence-electron chi connectivity index (χ4n) is 1.76. The van der Waals surface area contributed by atoms with Crippen LogP contribution in [0.25, 0.3) is 10.1 Å². The van der Waals surface area contributed by atoms with Gasteiger partial charge in [0, 0.05) is 27.2 Å². The Morgan fingerprint density at radius 3 is 2.53 bits per heavy atom. The van der Waals surface area contributed by atoms with Crippen LogP contribution < -0.4 is 0 Å². The molecule has 0 spiro atoms. The Labute approximate surface area is 104 Å². The number of fused-ring (bicyclic) bond motifs is 1. The fourth-order valence-corrected chi connectivity index (χ4v) is 2.67. The van der Waals surface area contributed by atoms with E-state index in [1.807, 2.05) is 36.5 Å². The van der Waals surface area contributed by atoms with Gasteiger partial charge in [0.2, 0.25) is 0 Å². The lowest BCUT2D eigenvalue weighted by molar-refractivity contribution is 1.54. The van der Waals surface area contributed by atoms with Gasteiger partial charge < -0.3 is 0 Å². The molecule has 1 nitrogen and oxygen atoms in total. The van der Waals surface area contributed by atoms with E-state index in [1.54, 1.807) is 11.3 Å². The van der Waals surface area contributed by atoms with Crippen molar-refractivity contribution in [1.29, 1.82) is 0 Å². The van der Waals surface area contributed by atoms with Crippen molar-refractivity contribution in [3.63, 3.8) is 0 Å². The first-order chi connectivity index (χ1) is 8.43. The number of benzene rings is 2. The summed E-state index contributed by atoms with van der Waals surface area (Å²) in [6.07, 6.45) is 1.94.